The molecule has 0 fully saturated rings. The quantitative estimate of drug-likeness (QED) is 0.445. The molecule has 4 rings (SSSR count). The van der Waals surface area contributed by atoms with Crippen LogP contribution in [0.5, 0.6) is 5.75 Å². The summed E-state index contributed by atoms with van der Waals surface area (Å²) in [5.41, 5.74) is 3.54. The lowest BCUT2D eigenvalue weighted by Gasteiger charge is -2.10. The van der Waals surface area contributed by atoms with Crippen molar-refractivity contribution in [3.63, 3.8) is 0 Å². The lowest BCUT2D eigenvalue weighted by molar-refractivity contribution is -0.113. The Labute approximate surface area is 183 Å². The number of rotatable bonds is 7. The molecular weight excluding hydrogens is 414 g/mol. The molecule has 0 spiro atoms. The number of ether oxygens (including phenoxy) is 1. The van der Waals surface area contributed by atoms with Crippen molar-refractivity contribution < 1.29 is 9.53 Å². The first-order valence-electron chi connectivity index (χ1n) is 9.53. The van der Waals surface area contributed by atoms with Crippen LogP contribution >= 0.6 is 11.8 Å². The van der Waals surface area contributed by atoms with E-state index in [1.54, 1.807) is 16.5 Å². The van der Waals surface area contributed by atoms with Crippen LogP contribution in [0.4, 0.5) is 5.82 Å². The van der Waals surface area contributed by atoms with Gasteiger partial charge in [-0.1, -0.05) is 41.6 Å². The molecule has 0 saturated carbocycles. The molecule has 0 radical (unpaired) electrons. The van der Waals surface area contributed by atoms with E-state index >= 15 is 0 Å². The van der Waals surface area contributed by atoms with Crippen molar-refractivity contribution >= 4 is 23.5 Å². The molecule has 0 bridgehead atoms. The Kier molecular flexibility index (Phi) is 5.99. The number of aromatic nitrogens is 6. The first-order valence-corrected chi connectivity index (χ1v) is 10.5. The summed E-state index contributed by atoms with van der Waals surface area (Å²) in [4.78, 5) is 12.6. The summed E-state index contributed by atoms with van der Waals surface area (Å²) < 4.78 is 8.65. The lowest BCUT2D eigenvalue weighted by atomic mass is 10.2. The van der Waals surface area contributed by atoms with Crippen molar-refractivity contribution in [1.82, 2.24) is 30.0 Å². The number of benzene rings is 2. The number of anilines is 1. The number of aryl methyl sites for hydroxylation is 2. The van der Waals surface area contributed by atoms with E-state index in [1.807, 2.05) is 68.4 Å². The van der Waals surface area contributed by atoms with Crippen LogP contribution in [0.25, 0.3) is 11.4 Å². The number of thioether (sulfide) groups is 1. The topological polar surface area (TPSA) is 99.8 Å². The average molecular weight is 436 g/mol. The van der Waals surface area contributed by atoms with Gasteiger partial charge in [0, 0.05) is 6.07 Å². The van der Waals surface area contributed by atoms with Crippen molar-refractivity contribution in [3.05, 3.63) is 65.9 Å². The maximum absolute atomic E-state index is 12.6. The third kappa shape index (κ3) is 4.58. The molecule has 2 aromatic carbocycles. The standard InChI is InChI=1S/C21H21N7O2S/c1-14-8-10-16(11-9-14)27-19(12-15(2)24-27)22-20(29)13-31-21-23-25-26-28(21)17-6-4-5-7-18(17)30-3/h4-12H,13H2,1-3H3,(H,22,29). The van der Waals surface area contributed by atoms with Crippen molar-refractivity contribution in [3.8, 4) is 17.1 Å². The molecule has 10 heteroatoms. The number of carbonyl (C=O) groups is 1. The van der Waals surface area contributed by atoms with Gasteiger partial charge in [-0.05, 0) is 48.5 Å². The van der Waals surface area contributed by atoms with Gasteiger partial charge in [-0.25, -0.2) is 4.68 Å². The van der Waals surface area contributed by atoms with Gasteiger partial charge < -0.3 is 10.1 Å². The Bertz CT molecular complexity index is 1200. The lowest BCUT2D eigenvalue weighted by Crippen LogP contribution is -2.17. The van der Waals surface area contributed by atoms with E-state index in [1.165, 1.54) is 11.8 Å². The molecule has 9 nitrogen and oxygen atoms in total. The zero-order chi connectivity index (χ0) is 21.8. The molecule has 31 heavy (non-hydrogen) atoms. The third-order valence-electron chi connectivity index (χ3n) is 4.46. The van der Waals surface area contributed by atoms with Gasteiger partial charge in [0.05, 0.1) is 24.2 Å². The third-order valence-corrected chi connectivity index (χ3v) is 5.38. The summed E-state index contributed by atoms with van der Waals surface area (Å²) in [7, 11) is 1.59. The first kappa shape index (κ1) is 20.6. The number of nitrogens with one attached hydrogen (secondary N) is 1. The molecule has 1 amide bonds. The molecule has 2 aromatic heterocycles. The highest BCUT2D eigenvalue weighted by Gasteiger charge is 2.16. The van der Waals surface area contributed by atoms with Gasteiger partial charge >= 0.3 is 0 Å². The van der Waals surface area contributed by atoms with E-state index in [2.05, 4.69) is 25.9 Å². The molecule has 0 saturated heterocycles. The minimum Gasteiger partial charge on any atom is -0.494 e. The van der Waals surface area contributed by atoms with Crippen LogP contribution in [0.2, 0.25) is 0 Å². The van der Waals surface area contributed by atoms with Gasteiger partial charge in [0.2, 0.25) is 11.1 Å². The van der Waals surface area contributed by atoms with Gasteiger partial charge in [-0.2, -0.15) is 9.78 Å². The van der Waals surface area contributed by atoms with Crippen molar-refractivity contribution in [2.24, 2.45) is 0 Å². The largest absolute Gasteiger partial charge is 0.494 e. The molecule has 4 aromatic rings. The van der Waals surface area contributed by atoms with Crippen LogP contribution in [0, 0.1) is 13.8 Å². The monoisotopic (exact) mass is 435 g/mol. The maximum Gasteiger partial charge on any atom is 0.236 e. The zero-order valence-electron chi connectivity index (χ0n) is 17.3. The first-order chi connectivity index (χ1) is 15.0. The van der Waals surface area contributed by atoms with Crippen LogP contribution < -0.4 is 10.1 Å². The number of para-hydroxylation sites is 2. The van der Waals surface area contributed by atoms with Crippen LogP contribution in [0.15, 0.2) is 59.8 Å². The number of amides is 1. The summed E-state index contributed by atoms with van der Waals surface area (Å²) >= 11 is 1.24. The summed E-state index contributed by atoms with van der Waals surface area (Å²) in [6, 6.07) is 17.2. The summed E-state index contributed by atoms with van der Waals surface area (Å²) in [5, 5.41) is 19.7. The van der Waals surface area contributed by atoms with E-state index < -0.39 is 0 Å². The Balaban J connectivity index is 1.47. The molecular formula is C21H21N7O2S. The van der Waals surface area contributed by atoms with Crippen molar-refractivity contribution in [2.45, 2.75) is 19.0 Å². The van der Waals surface area contributed by atoms with Crippen molar-refractivity contribution in [1.29, 1.82) is 0 Å². The molecule has 2 heterocycles. The van der Waals surface area contributed by atoms with Gasteiger partial charge in [0.15, 0.2) is 0 Å². The fourth-order valence-corrected chi connectivity index (χ4v) is 3.69. The van der Waals surface area contributed by atoms with E-state index in [-0.39, 0.29) is 11.7 Å². The molecule has 0 aliphatic heterocycles. The van der Waals surface area contributed by atoms with Crippen LogP contribution in [-0.4, -0.2) is 48.8 Å². The highest BCUT2D eigenvalue weighted by Crippen LogP contribution is 2.26. The summed E-state index contributed by atoms with van der Waals surface area (Å²) in [6.45, 7) is 3.91. The fraction of sp³-hybridized carbons (Fsp3) is 0.190. The average Bonchev–Trinajstić information content (AvgIpc) is 3.39. The molecule has 0 atom stereocenters. The van der Waals surface area contributed by atoms with Crippen LogP contribution in [-0.2, 0) is 4.79 Å². The SMILES string of the molecule is COc1ccccc1-n1nnnc1SCC(=O)Nc1cc(C)nn1-c1ccc(C)cc1. The second-order valence-electron chi connectivity index (χ2n) is 6.80. The smallest absolute Gasteiger partial charge is 0.236 e. The van der Waals surface area contributed by atoms with Gasteiger partial charge in [0.25, 0.3) is 0 Å². The Morgan fingerprint density at radius 2 is 1.87 bits per heavy atom. The number of tetrazole rings is 1. The minimum atomic E-state index is -0.187. The van der Waals surface area contributed by atoms with Crippen molar-refractivity contribution in [2.75, 3.05) is 18.2 Å². The van der Waals surface area contributed by atoms with E-state index in [4.69, 9.17) is 4.74 Å². The molecule has 0 unspecified atom stereocenters. The summed E-state index contributed by atoms with van der Waals surface area (Å²) in [6.07, 6.45) is 0. The molecule has 0 aliphatic rings. The number of methoxy groups -OCH3 is 1. The molecule has 1 N–H and O–H groups in total. The van der Waals surface area contributed by atoms with Crippen LogP contribution in [0.3, 0.4) is 0 Å². The van der Waals surface area contributed by atoms with Gasteiger partial charge in [-0.15, -0.1) is 5.10 Å². The normalized spacial score (nSPS) is 10.8. The predicted molar refractivity (Wildman–Crippen MR) is 118 cm³/mol. The van der Waals surface area contributed by atoms with Crippen LogP contribution in [0.1, 0.15) is 11.3 Å². The minimum absolute atomic E-state index is 0.133. The highest BCUT2D eigenvalue weighted by atomic mass is 32.2. The van der Waals surface area contributed by atoms with Gasteiger partial charge in [0.1, 0.15) is 17.3 Å². The highest BCUT2D eigenvalue weighted by molar-refractivity contribution is 7.99. The maximum atomic E-state index is 12.6. The van der Waals surface area contributed by atoms with E-state index in [9.17, 15) is 4.79 Å². The number of hydrogen-bond donors (Lipinski definition) is 1. The second kappa shape index (κ2) is 9.00. The number of hydrogen-bond acceptors (Lipinski definition) is 7. The van der Waals surface area contributed by atoms with E-state index in [0.717, 1.165) is 16.9 Å². The summed E-state index contributed by atoms with van der Waals surface area (Å²) in [5.74, 6) is 1.19. The molecule has 0 aliphatic carbocycles. The number of carbonyl (C=O) groups excluding carboxylic acids is 1. The predicted octanol–water partition coefficient (Wildman–Crippen LogP) is 3.20. The zero-order valence-corrected chi connectivity index (χ0v) is 18.1. The Morgan fingerprint density at radius 3 is 2.65 bits per heavy atom. The fourth-order valence-electron chi connectivity index (χ4n) is 3.01. The Morgan fingerprint density at radius 1 is 1.10 bits per heavy atom. The number of nitrogens with zero attached hydrogens (tertiary/aromatic N) is 6. The second-order valence-corrected chi connectivity index (χ2v) is 7.74. The van der Waals surface area contributed by atoms with Gasteiger partial charge in [-0.3, -0.25) is 4.79 Å². The van der Waals surface area contributed by atoms with E-state index in [0.29, 0.717) is 22.4 Å². The molecule has 158 valence electrons. The Hall–Kier alpha value is -3.66.